The Morgan fingerprint density at radius 3 is 2.75 bits per heavy atom. The van der Waals surface area contributed by atoms with Crippen LogP contribution < -0.4 is 5.32 Å². The van der Waals surface area contributed by atoms with Crippen molar-refractivity contribution >= 4 is 11.9 Å². The molecule has 1 amide bonds. The summed E-state index contributed by atoms with van der Waals surface area (Å²) in [6.45, 7) is 5.02. The van der Waals surface area contributed by atoms with E-state index in [2.05, 4.69) is 10.4 Å². The summed E-state index contributed by atoms with van der Waals surface area (Å²) in [4.78, 5) is 23.3. The molecule has 0 spiro atoms. The SMILES string of the molecule is Cc1cnn(CCNC(=O)[C@H]2CC(C)C[C@H]2C(=O)O)c1. The molecule has 1 saturated carbocycles. The van der Waals surface area contributed by atoms with E-state index in [-0.39, 0.29) is 5.91 Å². The predicted molar refractivity (Wildman–Crippen MR) is 73.0 cm³/mol. The van der Waals surface area contributed by atoms with E-state index in [9.17, 15) is 9.59 Å². The lowest BCUT2D eigenvalue weighted by Gasteiger charge is -2.15. The molecule has 1 aliphatic carbocycles. The summed E-state index contributed by atoms with van der Waals surface area (Å²) in [5.74, 6) is -1.66. The Labute approximate surface area is 118 Å². The van der Waals surface area contributed by atoms with E-state index < -0.39 is 17.8 Å². The number of hydrogen-bond donors (Lipinski definition) is 2. The van der Waals surface area contributed by atoms with Gasteiger partial charge in [0.15, 0.2) is 0 Å². The molecule has 2 N–H and O–H groups in total. The fraction of sp³-hybridized carbons (Fsp3) is 0.643. The molecule has 1 heterocycles. The largest absolute Gasteiger partial charge is 0.481 e. The molecule has 2 rings (SSSR count). The average molecular weight is 279 g/mol. The molecule has 6 nitrogen and oxygen atoms in total. The Morgan fingerprint density at radius 2 is 2.15 bits per heavy atom. The van der Waals surface area contributed by atoms with E-state index in [1.807, 2.05) is 20.0 Å². The highest BCUT2D eigenvalue weighted by Gasteiger charge is 2.40. The van der Waals surface area contributed by atoms with Gasteiger partial charge in [0.05, 0.1) is 24.6 Å². The van der Waals surface area contributed by atoms with E-state index in [0.717, 1.165) is 5.56 Å². The molecule has 0 radical (unpaired) electrons. The van der Waals surface area contributed by atoms with Gasteiger partial charge in [0.1, 0.15) is 0 Å². The summed E-state index contributed by atoms with van der Waals surface area (Å²) >= 11 is 0. The molecule has 0 aliphatic heterocycles. The van der Waals surface area contributed by atoms with Gasteiger partial charge in [-0.3, -0.25) is 14.3 Å². The number of aromatic nitrogens is 2. The predicted octanol–water partition coefficient (Wildman–Crippen LogP) is 1.05. The van der Waals surface area contributed by atoms with Crippen LogP contribution >= 0.6 is 0 Å². The van der Waals surface area contributed by atoms with Crippen LogP contribution in [0.25, 0.3) is 0 Å². The summed E-state index contributed by atoms with van der Waals surface area (Å²) in [5.41, 5.74) is 1.08. The second-order valence-corrected chi connectivity index (χ2v) is 5.70. The summed E-state index contributed by atoms with van der Waals surface area (Å²) in [6, 6.07) is 0. The number of amides is 1. The molecule has 0 saturated heterocycles. The Kier molecular flexibility index (Phi) is 4.42. The van der Waals surface area contributed by atoms with E-state index >= 15 is 0 Å². The molecule has 20 heavy (non-hydrogen) atoms. The summed E-state index contributed by atoms with van der Waals surface area (Å²) in [6.07, 6.45) is 4.92. The molecule has 1 aromatic rings. The maximum atomic E-state index is 12.1. The number of aryl methyl sites for hydroxylation is 1. The van der Waals surface area contributed by atoms with Crippen molar-refractivity contribution in [1.29, 1.82) is 0 Å². The smallest absolute Gasteiger partial charge is 0.307 e. The molecule has 110 valence electrons. The maximum Gasteiger partial charge on any atom is 0.307 e. The van der Waals surface area contributed by atoms with Crippen molar-refractivity contribution in [3.8, 4) is 0 Å². The zero-order valence-corrected chi connectivity index (χ0v) is 11.9. The van der Waals surface area contributed by atoms with E-state index in [1.165, 1.54) is 0 Å². The van der Waals surface area contributed by atoms with Gasteiger partial charge in [0, 0.05) is 12.7 Å². The summed E-state index contributed by atoms with van der Waals surface area (Å²) in [7, 11) is 0. The lowest BCUT2D eigenvalue weighted by atomic mass is 9.95. The van der Waals surface area contributed by atoms with Gasteiger partial charge < -0.3 is 10.4 Å². The molecule has 1 aromatic heterocycles. The molecular weight excluding hydrogens is 258 g/mol. The van der Waals surface area contributed by atoms with Crippen LogP contribution in [0, 0.1) is 24.7 Å². The van der Waals surface area contributed by atoms with Crippen LogP contribution in [0.4, 0.5) is 0 Å². The third-order valence-electron chi connectivity index (χ3n) is 3.85. The zero-order valence-electron chi connectivity index (χ0n) is 11.9. The first-order valence-corrected chi connectivity index (χ1v) is 6.97. The van der Waals surface area contributed by atoms with Gasteiger partial charge in [0.2, 0.25) is 5.91 Å². The van der Waals surface area contributed by atoms with Crippen LogP contribution in [0.2, 0.25) is 0 Å². The molecule has 3 atom stereocenters. The molecule has 6 heteroatoms. The molecule has 0 bridgehead atoms. The van der Waals surface area contributed by atoms with Gasteiger partial charge in [-0.2, -0.15) is 5.10 Å². The summed E-state index contributed by atoms with van der Waals surface area (Å²) in [5, 5.41) is 16.1. The van der Waals surface area contributed by atoms with Crippen LogP contribution in [-0.2, 0) is 16.1 Å². The van der Waals surface area contributed by atoms with E-state index in [4.69, 9.17) is 5.11 Å². The van der Waals surface area contributed by atoms with Crippen LogP contribution in [-0.4, -0.2) is 33.3 Å². The first-order valence-electron chi connectivity index (χ1n) is 6.97. The Bertz CT molecular complexity index is 498. The van der Waals surface area contributed by atoms with Crippen molar-refractivity contribution in [3.63, 3.8) is 0 Å². The molecule has 1 fully saturated rings. The number of nitrogens with zero attached hydrogens (tertiary/aromatic N) is 2. The Hall–Kier alpha value is -1.85. The van der Waals surface area contributed by atoms with E-state index in [0.29, 0.717) is 31.8 Å². The first kappa shape index (κ1) is 14.6. The Balaban J connectivity index is 1.83. The quantitative estimate of drug-likeness (QED) is 0.844. The highest BCUT2D eigenvalue weighted by atomic mass is 16.4. The van der Waals surface area contributed by atoms with Crippen molar-refractivity contribution in [2.24, 2.45) is 17.8 Å². The maximum absolute atomic E-state index is 12.1. The van der Waals surface area contributed by atoms with E-state index in [1.54, 1.807) is 10.9 Å². The fourth-order valence-corrected chi connectivity index (χ4v) is 2.87. The lowest BCUT2D eigenvalue weighted by Crippen LogP contribution is -2.36. The van der Waals surface area contributed by atoms with Crippen LogP contribution in [0.5, 0.6) is 0 Å². The number of nitrogens with one attached hydrogen (secondary N) is 1. The summed E-state index contributed by atoms with van der Waals surface area (Å²) < 4.78 is 1.77. The third kappa shape index (κ3) is 3.37. The van der Waals surface area contributed by atoms with Crippen molar-refractivity contribution in [1.82, 2.24) is 15.1 Å². The van der Waals surface area contributed by atoms with Crippen LogP contribution in [0.15, 0.2) is 12.4 Å². The monoisotopic (exact) mass is 279 g/mol. The molecule has 1 aliphatic rings. The van der Waals surface area contributed by atoms with Gasteiger partial charge in [-0.25, -0.2) is 0 Å². The van der Waals surface area contributed by atoms with Crippen molar-refractivity contribution in [2.75, 3.05) is 6.54 Å². The number of rotatable bonds is 5. The number of carboxylic acids is 1. The minimum absolute atomic E-state index is 0.148. The van der Waals surface area contributed by atoms with Crippen molar-refractivity contribution in [2.45, 2.75) is 33.2 Å². The number of carbonyl (C=O) groups excluding carboxylic acids is 1. The lowest BCUT2D eigenvalue weighted by molar-refractivity contribution is -0.146. The Morgan fingerprint density at radius 1 is 1.45 bits per heavy atom. The first-order chi connectivity index (χ1) is 9.47. The third-order valence-corrected chi connectivity index (χ3v) is 3.85. The van der Waals surface area contributed by atoms with Gasteiger partial charge in [0.25, 0.3) is 0 Å². The minimum Gasteiger partial charge on any atom is -0.481 e. The van der Waals surface area contributed by atoms with Crippen molar-refractivity contribution in [3.05, 3.63) is 18.0 Å². The highest BCUT2D eigenvalue weighted by molar-refractivity contribution is 5.85. The molecular formula is C14H21N3O3. The number of carboxylic acid groups (broad SMARTS) is 1. The number of hydrogen-bond acceptors (Lipinski definition) is 3. The topological polar surface area (TPSA) is 84.2 Å². The minimum atomic E-state index is -0.864. The number of aliphatic carboxylic acids is 1. The standard InChI is InChI=1S/C14H21N3O3/c1-9-5-11(12(6-9)14(19)20)13(18)15-3-4-17-8-10(2)7-16-17/h7-9,11-12H,3-6H2,1-2H3,(H,15,18)(H,19,20)/t9?,11-,12+/m0/s1. The number of carbonyl (C=O) groups is 2. The van der Waals surface area contributed by atoms with Gasteiger partial charge in [-0.1, -0.05) is 6.92 Å². The second kappa shape index (κ2) is 6.07. The van der Waals surface area contributed by atoms with Gasteiger partial charge in [-0.15, -0.1) is 0 Å². The average Bonchev–Trinajstić information content (AvgIpc) is 2.95. The van der Waals surface area contributed by atoms with Crippen molar-refractivity contribution < 1.29 is 14.7 Å². The fourth-order valence-electron chi connectivity index (χ4n) is 2.87. The normalized spacial score (nSPS) is 25.6. The molecule has 0 aromatic carbocycles. The second-order valence-electron chi connectivity index (χ2n) is 5.70. The zero-order chi connectivity index (χ0) is 14.7. The van der Waals surface area contributed by atoms with Crippen LogP contribution in [0.1, 0.15) is 25.3 Å². The van der Waals surface area contributed by atoms with Gasteiger partial charge in [-0.05, 0) is 31.2 Å². The highest BCUT2D eigenvalue weighted by Crippen LogP contribution is 2.36. The van der Waals surface area contributed by atoms with Gasteiger partial charge >= 0.3 is 5.97 Å². The molecule has 1 unspecified atom stereocenters. The van der Waals surface area contributed by atoms with Crippen LogP contribution in [0.3, 0.4) is 0 Å².